The number of hydrogen-bond acceptors (Lipinski definition) is 2. The molecule has 10 heavy (non-hydrogen) atoms. The normalized spacial score (nSPS) is 31.8. The molecule has 0 aromatic rings. The maximum Gasteiger partial charge on any atom is 0.0528 e. The van der Waals surface area contributed by atoms with Gasteiger partial charge in [-0.25, -0.2) is 0 Å². The molecule has 2 nitrogen and oxygen atoms in total. The van der Waals surface area contributed by atoms with Crippen molar-refractivity contribution in [3.8, 4) is 0 Å². The summed E-state index contributed by atoms with van der Waals surface area (Å²) in [4.78, 5) is 0. The van der Waals surface area contributed by atoms with Gasteiger partial charge < -0.3 is 10.1 Å². The van der Waals surface area contributed by atoms with Gasteiger partial charge in [0.25, 0.3) is 0 Å². The minimum atomic E-state index is 0. The Hall–Kier alpha value is 0.210. The first kappa shape index (κ1) is 10.2. The van der Waals surface area contributed by atoms with Crippen molar-refractivity contribution < 1.29 is 4.74 Å². The van der Waals surface area contributed by atoms with Crippen LogP contribution in [-0.2, 0) is 4.74 Å². The van der Waals surface area contributed by atoms with Crippen LogP contribution in [0.15, 0.2) is 0 Å². The fourth-order valence-electron chi connectivity index (χ4n) is 1.34. The number of hydrogen-bond donors (Lipinski definition) is 1. The highest BCUT2D eigenvalue weighted by molar-refractivity contribution is 5.85. The lowest BCUT2D eigenvalue weighted by Crippen LogP contribution is -2.25. The van der Waals surface area contributed by atoms with Crippen molar-refractivity contribution in [2.75, 3.05) is 26.8 Å². The number of halogens is 1. The van der Waals surface area contributed by atoms with Gasteiger partial charge in [-0.1, -0.05) is 6.92 Å². The van der Waals surface area contributed by atoms with Gasteiger partial charge in [0.2, 0.25) is 0 Å². The topological polar surface area (TPSA) is 21.3 Å². The zero-order valence-electron chi connectivity index (χ0n) is 6.64. The number of nitrogens with one attached hydrogen (secondary N) is 1. The van der Waals surface area contributed by atoms with Gasteiger partial charge in [-0.3, -0.25) is 0 Å². The maximum atomic E-state index is 5.09. The fourth-order valence-corrected chi connectivity index (χ4v) is 1.34. The average Bonchev–Trinajstić information content (AvgIpc) is 2.16. The Kier molecular flexibility index (Phi) is 4.25. The van der Waals surface area contributed by atoms with Crippen molar-refractivity contribution in [1.29, 1.82) is 0 Å². The van der Waals surface area contributed by atoms with E-state index in [-0.39, 0.29) is 12.4 Å². The maximum absolute atomic E-state index is 5.09. The van der Waals surface area contributed by atoms with E-state index in [4.69, 9.17) is 4.74 Å². The summed E-state index contributed by atoms with van der Waals surface area (Å²) in [5.41, 5.74) is 0.411. The van der Waals surface area contributed by atoms with Gasteiger partial charge in [0.05, 0.1) is 6.61 Å². The Morgan fingerprint density at radius 2 is 2.30 bits per heavy atom. The molecular formula is C7H16ClNO. The summed E-state index contributed by atoms with van der Waals surface area (Å²) in [7, 11) is 1.77. The van der Waals surface area contributed by atoms with Crippen molar-refractivity contribution >= 4 is 12.4 Å². The highest BCUT2D eigenvalue weighted by Gasteiger charge is 2.27. The minimum Gasteiger partial charge on any atom is -0.384 e. The first-order valence-electron chi connectivity index (χ1n) is 3.46. The van der Waals surface area contributed by atoms with Crippen LogP contribution in [0.25, 0.3) is 0 Å². The van der Waals surface area contributed by atoms with Gasteiger partial charge >= 0.3 is 0 Å². The highest BCUT2D eigenvalue weighted by atomic mass is 35.5. The van der Waals surface area contributed by atoms with Gasteiger partial charge in [-0.2, -0.15) is 0 Å². The first-order valence-corrected chi connectivity index (χ1v) is 3.46. The Morgan fingerprint density at radius 3 is 2.70 bits per heavy atom. The van der Waals surface area contributed by atoms with E-state index in [9.17, 15) is 0 Å². The molecule has 0 bridgehead atoms. The molecule has 0 aromatic heterocycles. The van der Waals surface area contributed by atoms with Crippen molar-refractivity contribution in [3.05, 3.63) is 0 Å². The van der Waals surface area contributed by atoms with E-state index >= 15 is 0 Å². The van der Waals surface area contributed by atoms with E-state index in [1.54, 1.807) is 7.11 Å². The van der Waals surface area contributed by atoms with E-state index in [2.05, 4.69) is 12.2 Å². The van der Waals surface area contributed by atoms with E-state index in [1.807, 2.05) is 0 Å². The van der Waals surface area contributed by atoms with Crippen LogP contribution >= 0.6 is 12.4 Å². The predicted molar refractivity (Wildman–Crippen MR) is 44.7 cm³/mol. The van der Waals surface area contributed by atoms with Gasteiger partial charge in [0, 0.05) is 19.1 Å². The Balaban J connectivity index is 0.000000810. The molecule has 0 saturated carbocycles. The van der Waals surface area contributed by atoms with Crippen LogP contribution in [0.4, 0.5) is 0 Å². The molecule has 1 aliphatic rings. The molecule has 0 radical (unpaired) electrons. The zero-order valence-corrected chi connectivity index (χ0v) is 7.46. The van der Waals surface area contributed by atoms with Crippen LogP contribution in [-0.4, -0.2) is 26.8 Å². The summed E-state index contributed by atoms with van der Waals surface area (Å²) < 4.78 is 5.09. The van der Waals surface area contributed by atoms with E-state index < -0.39 is 0 Å². The molecule has 0 spiro atoms. The monoisotopic (exact) mass is 165 g/mol. The quantitative estimate of drug-likeness (QED) is 0.661. The molecule has 1 saturated heterocycles. The second kappa shape index (κ2) is 4.16. The minimum absolute atomic E-state index is 0. The number of methoxy groups -OCH3 is 1. The molecule has 1 rings (SSSR count). The summed E-state index contributed by atoms with van der Waals surface area (Å²) in [5, 5.41) is 3.32. The van der Waals surface area contributed by atoms with Crippen molar-refractivity contribution in [3.63, 3.8) is 0 Å². The Labute approximate surface area is 68.7 Å². The van der Waals surface area contributed by atoms with Gasteiger partial charge in [0.1, 0.15) is 0 Å². The third-order valence-electron chi connectivity index (χ3n) is 1.95. The summed E-state index contributed by atoms with van der Waals surface area (Å²) in [6.07, 6.45) is 1.25. The molecule has 1 N–H and O–H groups in total. The highest BCUT2D eigenvalue weighted by Crippen LogP contribution is 2.23. The van der Waals surface area contributed by atoms with E-state index in [1.165, 1.54) is 6.42 Å². The smallest absolute Gasteiger partial charge is 0.0528 e. The summed E-state index contributed by atoms with van der Waals surface area (Å²) in [6, 6.07) is 0. The molecule has 3 heteroatoms. The largest absolute Gasteiger partial charge is 0.384 e. The van der Waals surface area contributed by atoms with E-state index in [0.717, 1.165) is 19.7 Å². The molecule has 0 aromatic carbocycles. The lowest BCUT2D eigenvalue weighted by atomic mass is 9.91. The molecule has 0 amide bonds. The van der Waals surface area contributed by atoms with Crippen LogP contribution in [0.3, 0.4) is 0 Å². The van der Waals surface area contributed by atoms with Crippen molar-refractivity contribution in [2.45, 2.75) is 13.3 Å². The molecule has 0 aliphatic carbocycles. The standard InChI is InChI=1S/C7H15NO.ClH/c1-7(6-9-2)3-4-8-5-7;/h8H,3-6H2,1-2H3;1H. The first-order chi connectivity index (χ1) is 4.27. The lowest BCUT2D eigenvalue weighted by Gasteiger charge is -2.20. The Morgan fingerprint density at radius 1 is 1.60 bits per heavy atom. The SMILES string of the molecule is COCC1(C)CCNC1.Cl. The average molecular weight is 166 g/mol. The van der Waals surface area contributed by atoms with Crippen molar-refractivity contribution in [2.24, 2.45) is 5.41 Å². The second-order valence-electron chi connectivity index (χ2n) is 3.17. The third kappa shape index (κ3) is 2.45. The Bertz CT molecular complexity index is 91.6. The van der Waals surface area contributed by atoms with Crippen LogP contribution in [0.1, 0.15) is 13.3 Å². The molecule has 62 valence electrons. The lowest BCUT2D eigenvalue weighted by molar-refractivity contribution is 0.105. The van der Waals surface area contributed by atoms with Crippen LogP contribution in [0.5, 0.6) is 0 Å². The predicted octanol–water partition coefficient (Wildman–Crippen LogP) is 1.05. The molecule has 1 unspecified atom stereocenters. The molecule has 1 heterocycles. The van der Waals surface area contributed by atoms with E-state index in [0.29, 0.717) is 5.41 Å². The summed E-state index contributed by atoms with van der Waals surface area (Å²) in [5.74, 6) is 0. The molecule has 1 atom stereocenters. The van der Waals surface area contributed by atoms with Crippen LogP contribution in [0, 0.1) is 5.41 Å². The number of rotatable bonds is 2. The van der Waals surface area contributed by atoms with Crippen molar-refractivity contribution in [1.82, 2.24) is 5.32 Å². The van der Waals surface area contributed by atoms with Crippen LogP contribution in [0.2, 0.25) is 0 Å². The molecular weight excluding hydrogens is 150 g/mol. The van der Waals surface area contributed by atoms with Gasteiger partial charge in [-0.05, 0) is 13.0 Å². The summed E-state index contributed by atoms with van der Waals surface area (Å²) >= 11 is 0. The van der Waals surface area contributed by atoms with Gasteiger partial charge in [-0.15, -0.1) is 12.4 Å². The zero-order chi connectivity index (χ0) is 6.74. The summed E-state index contributed by atoms with van der Waals surface area (Å²) in [6.45, 7) is 5.41. The number of ether oxygens (including phenoxy) is 1. The van der Waals surface area contributed by atoms with Gasteiger partial charge in [0.15, 0.2) is 0 Å². The fraction of sp³-hybridized carbons (Fsp3) is 1.00. The second-order valence-corrected chi connectivity index (χ2v) is 3.17. The van der Waals surface area contributed by atoms with Crippen LogP contribution < -0.4 is 5.32 Å². The third-order valence-corrected chi connectivity index (χ3v) is 1.95. The molecule has 1 fully saturated rings. The molecule has 1 aliphatic heterocycles.